The lowest BCUT2D eigenvalue weighted by molar-refractivity contribution is 0.291. The first-order valence-corrected chi connectivity index (χ1v) is 10.9. The van der Waals surface area contributed by atoms with Crippen LogP contribution >= 0.6 is 11.8 Å². The van der Waals surface area contributed by atoms with E-state index in [2.05, 4.69) is 25.0 Å². The topological polar surface area (TPSA) is 91.2 Å². The molecular weight excluding hydrogens is 412 g/mol. The van der Waals surface area contributed by atoms with Crippen LogP contribution in [0.3, 0.4) is 0 Å². The van der Waals surface area contributed by atoms with Crippen LogP contribution < -0.4 is 4.74 Å². The number of nitrogens with zero attached hydrogens (tertiary/aromatic N) is 6. The molecule has 0 unspecified atom stereocenters. The minimum atomic E-state index is 0.450. The number of aryl methyl sites for hydroxylation is 2. The van der Waals surface area contributed by atoms with Gasteiger partial charge in [-0.3, -0.25) is 0 Å². The van der Waals surface area contributed by atoms with Crippen LogP contribution in [0.15, 0.2) is 58.2 Å². The number of hydrogen-bond donors (Lipinski definition) is 0. The maximum atomic E-state index is 6.06. The number of furan rings is 1. The summed E-state index contributed by atoms with van der Waals surface area (Å²) >= 11 is 1.52. The van der Waals surface area contributed by atoms with Crippen molar-refractivity contribution in [3.63, 3.8) is 0 Å². The molecule has 0 aliphatic carbocycles. The number of fused-ring (bicyclic) bond motifs is 2. The van der Waals surface area contributed by atoms with E-state index in [-0.39, 0.29) is 0 Å². The smallest absolute Gasteiger partial charge is 0.255 e. The van der Waals surface area contributed by atoms with E-state index in [9.17, 15) is 0 Å². The van der Waals surface area contributed by atoms with E-state index in [1.54, 1.807) is 10.7 Å². The molecule has 0 saturated heterocycles. The van der Waals surface area contributed by atoms with Crippen molar-refractivity contribution in [2.24, 2.45) is 0 Å². The molecule has 4 heterocycles. The molecule has 31 heavy (non-hydrogen) atoms. The van der Waals surface area contributed by atoms with Crippen molar-refractivity contribution in [2.75, 3.05) is 6.61 Å². The molecule has 1 aromatic carbocycles. The van der Waals surface area contributed by atoms with E-state index in [4.69, 9.17) is 9.15 Å². The summed E-state index contributed by atoms with van der Waals surface area (Å²) in [5.74, 6) is 3.24. The maximum Gasteiger partial charge on any atom is 0.255 e. The predicted octanol–water partition coefficient (Wildman–Crippen LogP) is 4.19. The number of ether oxygens (including phenoxy) is 1. The predicted molar refractivity (Wildman–Crippen MR) is 117 cm³/mol. The van der Waals surface area contributed by atoms with Gasteiger partial charge in [0.15, 0.2) is 5.16 Å². The van der Waals surface area contributed by atoms with Crippen LogP contribution in [-0.4, -0.2) is 36.2 Å². The fraction of sp³-hybridized carbons (Fsp3) is 0.227. The van der Waals surface area contributed by atoms with Crippen molar-refractivity contribution in [3.8, 4) is 5.88 Å². The van der Waals surface area contributed by atoms with Gasteiger partial charge in [0.1, 0.15) is 17.2 Å². The molecule has 0 atom stereocenters. The summed E-state index contributed by atoms with van der Waals surface area (Å²) in [6.45, 7) is 4.23. The van der Waals surface area contributed by atoms with Crippen molar-refractivity contribution < 1.29 is 9.15 Å². The zero-order chi connectivity index (χ0) is 21.2. The van der Waals surface area contributed by atoms with Crippen LogP contribution in [0.2, 0.25) is 0 Å². The molecule has 4 aromatic heterocycles. The van der Waals surface area contributed by atoms with E-state index >= 15 is 0 Å². The molecule has 156 valence electrons. The van der Waals surface area contributed by atoms with Gasteiger partial charge in [-0.25, -0.2) is 15.0 Å². The molecule has 5 rings (SSSR count). The zero-order valence-electron chi connectivity index (χ0n) is 17.1. The van der Waals surface area contributed by atoms with Crippen molar-refractivity contribution in [1.82, 2.24) is 29.5 Å². The molecule has 0 bridgehead atoms. The van der Waals surface area contributed by atoms with Gasteiger partial charge >= 0.3 is 0 Å². The Bertz CT molecular complexity index is 1330. The summed E-state index contributed by atoms with van der Waals surface area (Å²) in [5, 5.41) is 6.21. The van der Waals surface area contributed by atoms with Gasteiger partial charge in [0.05, 0.1) is 12.3 Å². The molecule has 8 nitrogen and oxygen atoms in total. The lowest BCUT2D eigenvalue weighted by Crippen LogP contribution is -2.07. The molecule has 0 N–H and O–H groups in total. The Morgan fingerprint density at radius 2 is 1.97 bits per heavy atom. The molecular formula is C22H20N6O2S. The fourth-order valence-corrected chi connectivity index (χ4v) is 3.98. The minimum Gasteiger partial charge on any atom is -0.477 e. The van der Waals surface area contributed by atoms with Crippen molar-refractivity contribution in [1.29, 1.82) is 0 Å². The van der Waals surface area contributed by atoms with Gasteiger partial charge in [-0.15, -0.1) is 5.10 Å². The number of para-hydroxylation sites is 1. The minimum absolute atomic E-state index is 0.450. The van der Waals surface area contributed by atoms with Gasteiger partial charge in [0.2, 0.25) is 5.88 Å². The van der Waals surface area contributed by atoms with Crippen LogP contribution in [0, 0.1) is 13.8 Å². The van der Waals surface area contributed by atoms with Crippen molar-refractivity contribution in [2.45, 2.75) is 31.2 Å². The van der Waals surface area contributed by atoms with Crippen molar-refractivity contribution >= 4 is 28.5 Å². The Balaban J connectivity index is 1.32. The first-order chi connectivity index (χ1) is 15.1. The van der Waals surface area contributed by atoms with E-state index in [1.165, 1.54) is 11.8 Å². The number of benzene rings is 1. The molecule has 0 saturated carbocycles. The third-order valence-corrected chi connectivity index (χ3v) is 5.53. The number of hydrogen-bond acceptors (Lipinski definition) is 8. The molecule has 0 aliphatic rings. The zero-order valence-corrected chi connectivity index (χ0v) is 18.0. The highest BCUT2D eigenvalue weighted by molar-refractivity contribution is 7.98. The third kappa shape index (κ3) is 4.36. The summed E-state index contributed by atoms with van der Waals surface area (Å²) in [6, 6.07) is 13.8. The second kappa shape index (κ2) is 8.35. The second-order valence-corrected chi connectivity index (χ2v) is 8.02. The summed E-state index contributed by atoms with van der Waals surface area (Å²) in [5.41, 5.74) is 2.64. The molecule has 0 spiro atoms. The normalized spacial score (nSPS) is 11.4. The lowest BCUT2D eigenvalue weighted by atomic mass is 10.2. The van der Waals surface area contributed by atoms with Gasteiger partial charge in [0.25, 0.3) is 5.78 Å². The Hall–Kier alpha value is -3.46. The van der Waals surface area contributed by atoms with Gasteiger partial charge in [-0.05, 0) is 32.0 Å². The third-order valence-electron chi connectivity index (χ3n) is 4.64. The summed E-state index contributed by atoms with van der Waals surface area (Å²) in [4.78, 5) is 17.7. The second-order valence-electron chi connectivity index (χ2n) is 7.07. The SMILES string of the molecule is Cc1ccnc(SCc2cc(OCCc3cc4ccccc4o3)n3nc(C)nc3n2)n1. The first-order valence-electron chi connectivity index (χ1n) is 9.90. The highest BCUT2D eigenvalue weighted by Crippen LogP contribution is 2.23. The van der Waals surface area contributed by atoms with Gasteiger partial charge in [-0.2, -0.15) is 9.50 Å². The van der Waals surface area contributed by atoms with Gasteiger partial charge in [-0.1, -0.05) is 30.0 Å². The fourth-order valence-electron chi connectivity index (χ4n) is 3.22. The van der Waals surface area contributed by atoms with E-state index in [0.717, 1.165) is 28.1 Å². The summed E-state index contributed by atoms with van der Waals surface area (Å²) in [6.07, 6.45) is 2.41. The van der Waals surface area contributed by atoms with E-state index in [1.807, 2.05) is 56.3 Å². The summed E-state index contributed by atoms with van der Waals surface area (Å²) in [7, 11) is 0. The standard InChI is InChI=1S/C22H20N6O2S/c1-14-7-9-23-22(24-14)31-13-17-12-20(28-21(26-17)25-15(2)27-28)29-10-8-18-11-16-5-3-4-6-19(16)30-18/h3-7,9,11-12H,8,10,13H2,1-2H3. The number of thioether (sulfide) groups is 1. The van der Waals surface area contributed by atoms with Crippen LogP contribution in [0.1, 0.15) is 23.0 Å². The number of rotatable bonds is 7. The number of aromatic nitrogens is 6. The molecule has 9 heteroatoms. The maximum absolute atomic E-state index is 6.06. The Morgan fingerprint density at radius 3 is 2.84 bits per heavy atom. The largest absolute Gasteiger partial charge is 0.477 e. The monoisotopic (exact) mass is 432 g/mol. The van der Waals surface area contributed by atoms with Crippen LogP contribution in [0.4, 0.5) is 0 Å². The highest BCUT2D eigenvalue weighted by atomic mass is 32.2. The Morgan fingerprint density at radius 1 is 1.06 bits per heavy atom. The van der Waals surface area contributed by atoms with Crippen LogP contribution in [-0.2, 0) is 12.2 Å². The van der Waals surface area contributed by atoms with Crippen LogP contribution in [0.5, 0.6) is 5.88 Å². The van der Waals surface area contributed by atoms with E-state index < -0.39 is 0 Å². The van der Waals surface area contributed by atoms with Gasteiger partial charge < -0.3 is 9.15 Å². The highest BCUT2D eigenvalue weighted by Gasteiger charge is 2.12. The first kappa shape index (κ1) is 19.5. The van der Waals surface area contributed by atoms with Gasteiger partial charge in [0, 0.05) is 35.5 Å². The van der Waals surface area contributed by atoms with Crippen molar-refractivity contribution in [3.05, 3.63) is 71.6 Å². The lowest BCUT2D eigenvalue weighted by Gasteiger charge is -2.08. The Kier molecular flexibility index (Phi) is 5.25. The molecule has 0 fully saturated rings. The molecule has 5 aromatic rings. The Labute approximate surface area is 182 Å². The quantitative estimate of drug-likeness (QED) is 0.279. The average Bonchev–Trinajstić information content (AvgIpc) is 3.34. The van der Waals surface area contributed by atoms with E-state index in [0.29, 0.717) is 41.4 Å². The van der Waals surface area contributed by atoms with Crippen LogP contribution in [0.25, 0.3) is 16.7 Å². The molecule has 0 amide bonds. The molecule has 0 radical (unpaired) electrons. The average molecular weight is 433 g/mol. The summed E-state index contributed by atoms with van der Waals surface area (Å²) < 4.78 is 13.6. The molecule has 0 aliphatic heterocycles.